The number of piperazine rings is 1. The van der Waals surface area contributed by atoms with Crippen LogP contribution < -0.4 is 0 Å². The molecule has 118 valence electrons. The minimum atomic E-state index is -0.146. The molecule has 2 aliphatic heterocycles. The van der Waals surface area contributed by atoms with E-state index in [1.165, 1.54) is 32.1 Å². The first-order valence-corrected chi connectivity index (χ1v) is 8.77. The minimum Gasteiger partial charge on any atom is -0.331 e. The Morgan fingerprint density at radius 3 is 2.43 bits per heavy atom. The first-order valence-electron chi connectivity index (χ1n) is 8.77. The highest BCUT2D eigenvalue weighted by atomic mass is 16.2. The SMILES string of the molecule is CCC1CCC(CN2CC(=O)N3CCCCC3C2=O)CC1. The van der Waals surface area contributed by atoms with Crippen LogP contribution in [-0.4, -0.2) is 47.3 Å². The van der Waals surface area contributed by atoms with E-state index in [1.807, 2.05) is 9.80 Å². The van der Waals surface area contributed by atoms with E-state index in [0.29, 0.717) is 12.5 Å². The third kappa shape index (κ3) is 3.09. The lowest BCUT2D eigenvalue weighted by Crippen LogP contribution is -2.61. The van der Waals surface area contributed by atoms with Crippen LogP contribution in [0.15, 0.2) is 0 Å². The molecule has 1 aliphatic carbocycles. The van der Waals surface area contributed by atoms with E-state index in [9.17, 15) is 9.59 Å². The van der Waals surface area contributed by atoms with Gasteiger partial charge in [0.05, 0.1) is 6.54 Å². The number of carbonyl (C=O) groups excluding carboxylic acids is 2. The molecule has 1 saturated carbocycles. The van der Waals surface area contributed by atoms with Gasteiger partial charge in [-0.15, -0.1) is 0 Å². The molecule has 1 atom stereocenters. The fraction of sp³-hybridized carbons (Fsp3) is 0.882. The van der Waals surface area contributed by atoms with E-state index in [1.54, 1.807) is 0 Å². The first-order chi connectivity index (χ1) is 10.2. The number of hydrogen-bond acceptors (Lipinski definition) is 2. The molecular formula is C17H28N2O2. The molecule has 0 bridgehead atoms. The van der Waals surface area contributed by atoms with Crippen molar-refractivity contribution in [1.29, 1.82) is 0 Å². The van der Waals surface area contributed by atoms with Crippen molar-refractivity contribution in [3.05, 3.63) is 0 Å². The number of piperidine rings is 1. The maximum absolute atomic E-state index is 12.6. The van der Waals surface area contributed by atoms with Gasteiger partial charge in [0.15, 0.2) is 0 Å². The Labute approximate surface area is 127 Å². The summed E-state index contributed by atoms with van der Waals surface area (Å²) in [6.07, 6.45) is 9.33. The molecule has 3 rings (SSSR count). The third-order valence-corrected chi connectivity index (χ3v) is 5.77. The van der Waals surface area contributed by atoms with E-state index in [2.05, 4.69) is 6.92 Å². The zero-order valence-electron chi connectivity index (χ0n) is 13.2. The second-order valence-electron chi connectivity index (χ2n) is 7.11. The average Bonchev–Trinajstić information content (AvgIpc) is 2.53. The fourth-order valence-electron chi connectivity index (χ4n) is 4.32. The van der Waals surface area contributed by atoms with Crippen molar-refractivity contribution in [3.8, 4) is 0 Å². The molecule has 2 amide bonds. The summed E-state index contributed by atoms with van der Waals surface area (Å²) in [5, 5.41) is 0. The van der Waals surface area contributed by atoms with Crippen molar-refractivity contribution in [2.75, 3.05) is 19.6 Å². The Morgan fingerprint density at radius 1 is 1.00 bits per heavy atom. The minimum absolute atomic E-state index is 0.146. The van der Waals surface area contributed by atoms with Gasteiger partial charge in [-0.05, 0) is 43.9 Å². The van der Waals surface area contributed by atoms with E-state index in [-0.39, 0.29) is 17.9 Å². The number of nitrogens with zero attached hydrogens (tertiary/aromatic N) is 2. The van der Waals surface area contributed by atoms with Crippen molar-refractivity contribution in [3.63, 3.8) is 0 Å². The van der Waals surface area contributed by atoms with E-state index >= 15 is 0 Å². The van der Waals surface area contributed by atoms with Crippen molar-refractivity contribution in [2.24, 2.45) is 11.8 Å². The standard InChI is InChI=1S/C17H28N2O2/c1-2-13-6-8-14(9-7-13)11-18-12-16(20)19-10-4-3-5-15(19)17(18)21/h13-15H,2-12H2,1H3. The molecule has 0 aromatic heterocycles. The molecule has 1 unspecified atom stereocenters. The van der Waals surface area contributed by atoms with Crippen molar-refractivity contribution >= 4 is 11.8 Å². The van der Waals surface area contributed by atoms with Gasteiger partial charge in [-0.25, -0.2) is 0 Å². The fourth-order valence-corrected chi connectivity index (χ4v) is 4.32. The molecule has 0 aromatic rings. The second-order valence-corrected chi connectivity index (χ2v) is 7.11. The van der Waals surface area contributed by atoms with Crippen molar-refractivity contribution in [1.82, 2.24) is 9.80 Å². The molecule has 2 heterocycles. The highest BCUT2D eigenvalue weighted by molar-refractivity contribution is 5.95. The molecule has 0 radical (unpaired) electrons. The smallest absolute Gasteiger partial charge is 0.245 e. The van der Waals surface area contributed by atoms with E-state index in [4.69, 9.17) is 0 Å². The summed E-state index contributed by atoms with van der Waals surface area (Å²) in [4.78, 5) is 28.6. The van der Waals surface area contributed by atoms with Gasteiger partial charge in [0.1, 0.15) is 6.04 Å². The first kappa shape index (κ1) is 14.9. The van der Waals surface area contributed by atoms with E-state index < -0.39 is 0 Å². The summed E-state index contributed by atoms with van der Waals surface area (Å²) in [5.41, 5.74) is 0. The van der Waals surface area contributed by atoms with Crippen LogP contribution in [0.3, 0.4) is 0 Å². The number of rotatable bonds is 3. The Balaban J connectivity index is 1.58. The third-order valence-electron chi connectivity index (χ3n) is 5.77. The lowest BCUT2D eigenvalue weighted by Gasteiger charge is -2.44. The maximum atomic E-state index is 12.6. The van der Waals surface area contributed by atoms with Crippen LogP contribution in [0.5, 0.6) is 0 Å². The van der Waals surface area contributed by atoms with Crippen LogP contribution in [0.1, 0.15) is 58.3 Å². The van der Waals surface area contributed by atoms with Gasteiger partial charge < -0.3 is 9.80 Å². The second kappa shape index (κ2) is 6.37. The summed E-state index contributed by atoms with van der Waals surface area (Å²) in [5.74, 6) is 1.88. The number of hydrogen-bond donors (Lipinski definition) is 0. The Morgan fingerprint density at radius 2 is 1.71 bits per heavy atom. The lowest BCUT2D eigenvalue weighted by atomic mass is 9.80. The molecule has 4 heteroatoms. The van der Waals surface area contributed by atoms with Crippen LogP contribution in [0.4, 0.5) is 0 Å². The monoisotopic (exact) mass is 292 g/mol. The summed E-state index contributed by atoms with van der Waals surface area (Å²) in [6.45, 7) is 4.19. The van der Waals surface area contributed by atoms with Gasteiger partial charge >= 0.3 is 0 Å². The number of fused-ring (bicyclic) bond motifs is 1. The molecule has 3 aliphatic rings. The molecule has 0 spiro atoms. The molecular weight excluding hydrogens is 264 g/mol. The Bertz CT molecular complexity index is 402. The average molecular weight is 292 g/mol. The van der Waals surface area contributed by atoms with Crippen molar-refractivity contribution in [2.45, 2.75) is 64.3 Å². The molecule has 3 fully saturated rings. The highest BCUT2D eigenvalue weighted by Crippen LogP contribution is 2.32. The van der Waals surface area contributed by atoms with Gasteiger partial charge in [0.2, 0.25) is 11.8 Å². The Kier molecular flexibility index (Phi) is 4.51. The predicted octanol–water partition coefficient (Wildman–Crippen LogP) is 2.43. The number of carbonyl (C=O) groups is 2. The highest BCUT2D eigenvalue weighted by Gasteiger charge is 2.40. The van der Waals surface area contributed by atoms with Gasteiger partial charge in [-0.1, -0.05) is 26.2 Å². The van der Waals surface area contributed by atoms with Gasteiger partial charge in [0.25, 0.3) is 0 Å². The molecule has 21 heavy (non-hydrogen) atoms. The van der Waals surface area contributed by atoms with Crippen molar-refractivity contribution < 1.29 is 9.59 Å². The summed E-state index contributed by atoms with van der Waals surface area (Å²) >= 11 is 0. The van der Waals surface area contributed by atoms with Crippen LogP contribution in [-0.2, 0) is 9.59 Å². The summed E-state index contributed by atoms with van der Waals surface area (Å²) < 4.78 is 0. The van der Waals surface area contributed by atoms with Gasteiger partial charge in [-0.2, -0.15) is 0 Å². The van der Waals surface area contributed by atoms with Crippen LogP contribution >= 0.6 is 0 Å². The maximum Gasteiger partial charge on any atom is 0.245 e. The van der Waals surface area contributed by atoms with Gasteiger partial charge in [0, 0.05) is 13.1 Å². The Hall–Kier alpha value is -1.06. The topological polar surface area (TPSA) is 40.6 Å². The summed E-state index contributed by atoms with van der Waals surface area (Å²) in [6, 6.07) is -0.146. The largest absolute Gasteiger partial charge is 0.331 e. The quantitative estimate of drug-likeness (QED) is 0.801. The molecule has 0 aromatic carbocycles. The zero-order valence-corrected chi connectivity index (χ0v) is 13.2. The summed E-state index contributed by atoms with van der Waals surface area (Å²) in [7, 11) is 0. The van der Waals surface area contributed by atoms with Crippen LogP contribution in [0.25, 0.3) is 0 Å². The number of amides is 2. The van der Waals surface area contributed by atoms with E-state index in [0.717, 1.165) is 38.3 Å². The normalized spacial score (nSPS) is 34.0. The molecule has 2 saturated heterocycles. The zero-order chi connectivity index (χ0) is 14.8. The predicted molar refractivity (Wildman–Crippen MR) is 81.7 cm³/mol. The molecule has 0 N–H and O–H groups in total. The van der Waals surface area contributed by atoms with Gasteiger partial charge in [-0.3, -0.25) is 9.59 Å². The lowest BCUT2D eigenvalue weighted by molar-refractivity contribution is -0.158. The van der Waals surface area contributed by atoms with Crippen LogP contribution in [0.2, 0.25) is 0 Å². The van der Waals surface area contributed by atoms with Crippen LogP contribution in [0, 0.1) is 11.8 Å². The molecule has 4 nitrogen and oxygen atoms in total.